The fourth-order valence-electron chi connectivity index (χ4n) is 3.92. The van der Waals surface area contributed by atoms with Crippen LogP contribution in [0.4, 0.5) is 0 Å². The van der Waals surface area contributed by atoms with Crippen LogP contribution in [0, 0.1) is 6.92 Å². The molecule has 0 bridgehead atoms. The van der Waals surface area contributed by atoms with Crippen LogP contribution in [-0.4, -0.2) is 42.2 Å². The molecule has 3 aromatic rings. The molecule has 0 aliphatic heterocycles. The first kappa shape index (κ1) is 21.0. The zero-order chi connectivity index (χ0) is 21.5. The molecule has 0 fully saturated rings. The Labute approximate surface area is 171 Å². The molecule has 0 atom stereocenters. The lowest BCUT2D eigenvalue weighted by molar-refractivity contribution is 0.169. The third-order valence-electron chi connectivity index (χ3n) is 5.57. The van der Waals surface area contributed by atoms with Gasteiger partial charge in [0.25, 0.3) is 5.56 Å². The van der Waals surface area contributed by atoms with E-state index < -0.39 is 0 Å². The van der Waals surface area contributed by atoms with Gasteiger partial charge in [-0.3, -0.25) is 18.8 Å². The van der Waals surface area contributed by atoms with E-state index in [2.05, 4.69) is 32.6 Å². The second-order valence-electron chi connectivity index (χ2n) is 8.26. The molecule has 156 valence electrons. The van der Waals surface area contributed by atoms with Crippen LogP contribution >= 0.6 is 0 Å². The predicted molar refractivity (Wildman–Crippen MR) is 117 cm³/mol. The molecule has 0 unspecified atom stereocenters. The van der Waals surface area contributed by atoms with Crippen molar-refractivity contribution in [2.75, 3.05) is 6.54 Å². The summed E-state index contributed by atoms with van der Waals surface area (Å²) < 4.78 is 4.58. The maximum atomic E-state index is 13.0. The molecule has 0 amide bonds. The Morgan fingerprint density at radius 2 is 1.55 bits per heavy atom. The summed E-state index contributed by atoms with van der Waals surface area (Å²) in [6.45, 7) is 12.1. The Balaban J connectivity index is 2.24. The Morgan fingerprint density at radius 1 is 0.966 bits per heavy atom. The highest BCUT2D eigenvalue weighted by Gasteiger charge is 2.21. The summed E-state index contributed by atoms with van der Waals surface area (Å²) >= 11 is 0. The lowest BCUT2D eigenvalue weighted by Gasteiger charge is -2.30. The lowest BCUT2D eigenvalue weighted by Crippen LogP contribution is -2.40. The van der Waals surface area contributed by atoms with E-state index in [4.69, 9.17) is 4.98 Å². The molecule has 0 aliphatic rings. The summed E-state index contributed by atoms with van der Waals surface area (Å²) in [6, 6.07) is 8.87. The van der Waals surface area contributed by atoms with Gasteiger partial charge in [-0.05, 0) is 34.6 Å². The molecule has 3 rings (SSSR count). The molecular weight excluding hydrogens is 366 g/mol. The minimum atomic E-state index is -0.367. The van der Waals surface area contributed by atoms with Gasteiger partial charge in [0, 0.05) is 44.8 Å². The van der Waals surface area contributed by atoms with Crippen molar-refractivity contribution in [3.8, 4) is 11.4 Å². The molecule has 29 heavy (non-hydrogen) atoms. The van der Waals surface area contributed by atoms with Gasteiger partial charge in [0.2, 0.25) is 0 Å². The van der Waals surface area contributed by atoms with E-state index in [1.165, 1.54) is 11.6 Å². The van der Waals surface area contributed by atoms with Crippen molar-refractivity contribution in [2.24, 2.45) is 14.1 Å². The van der Waals surface area contributed by atoms with Gasteiger partial charge in [-0.25, -0.2) is 9.78 Å². The molecule has 0 radical (unpaired) electrons. The highest BCUT2D eigenvalue weighted by molar-refractivity contribution is 5.77. The van der Waals surface area contributed by atoms with Gasteiger partial charge in [-0.2, -0.15) is 0 Å². The summed E-state index contributed by atoms with van der Waals surface area (Å²) in [4.78, 5) is 32.5. The molecule has 2 heterocycles. The average Bonchev–Trinajstić information content (AvgIpc) is 3.04. The molecular formula is C22H31N5O2. The Morgan fingerprint density at radius 3 is 2.10 bits per heavy atom. The monoisotopic (exact) mass is 397 g/mol. The van der Waals surface area contributed by atoms with E-state index in [1.54, 1.807) is 7.05 Å². The Kier molecular flexibility index (Phi) is 5.80. The van der Waals surface area contributed by atoms with Gasteiger partial charge < -0.3 is 4.57 Å². The number of imidazole rings is 1. The van der Waals surface area contributed by atoms with E-state index in [1.807, 2.05) is 35.8 Å². The maximum Gasteiger partial charge on any atom is 0.332 e. The smallest absolute Gasteiger partial charge is 0.317 e. The third kappa shape index (κ3) is 3.79. The molecule has 7 nitrogen and oxygen atoms in total. The molecule has 0 saturated heterocycles. The van der Waals surface area contributed by atoms with E-state index >= 15 is 0 Å². The summed E-state index contributed by atoms with van der Waals surface area (Å²) in [6.07, 6.45) is 0. The SMILES string of the molecule is Cc1ccc(-c2nc3c(c(=O)n(C)c(=O)n3C)n2CCN(C(C)C)C(C)C)cc1. The van der Waals surface area contributed by atoms with Crippen LogP contribution in [-0.2, 0) is 20.6 Å². The number of nitrogens with zero attached hydrogens (tertiary/aromatic N) is 5. The Hall–Kier alpha value is -2.67. The van der Waals surface area contributed by atoms with E-state index in [-0.39, 0.29) is 11.2 Å². The molecule has 7 heteroatoms. The Bertz CT molecular complexity index is 1130. The molecule has 0 spiro atoms. The molecule has 0 N–H and O–H groups in total. The molecule has 0 saturated carbocycles. The number of hydrogen-bond donors (Lipinski definition) is 0. The number of hydrogen-bond acceptors (Lipinski definition) is 4. The number of aromatic nitrogens is 4. The normalized spacial score (nSPS) is 12.1. The summed E-state index contributed by atoms with van der Waals surface area (Å²) in [5.41, 5.74) is 2.31. The van der Waals surface area contributed by atoms with Crippen LogP contribution in [0.2, 0.25) is 0 Å². The topological polar surface area (TPSA) is 65.1 Å². The zero-order valence-electron chi connectivity index (χ0n) is 18.4. The minimum absolute atomic E-state index is 0.311. The molecule has 1 aromatic carbocycles. The third-order valence-corrected chi connectivity index (χ3v) is 5.57. The summed E-state index contributed by atoms with van der Waals surface area (Å²) in [7, 11) is 3.18. The summed E-state index contributed by atoms with van der Waals surface area (Å²) in [5.74, 6) is 0.714. The van der Waals surface area contributed by atoms with Gasteiger partial charge in [-0.15, -0.1) is 0 Å². The summed E-state index contributed by atoms with van der Waals surface area (Å²) in [5, 5.41) is 0. The fraction of sp³-hybridized carbons (Fsp3) is 0.500. The average molecular weight is 398 g/mol. The van der Waals surface area contributed by atoms with E-state index in [0.29, 0.717) is 35.6 Å². The largest absolute Gasteiger partial charge is 0.332 e. The fourth-order valence-corrected chi connectivity index (χ4v) is 3.92. The number of rotatable bonds is 6. The number of aryl methyl sites for hydroxylation is 2. The van der Waals surface area contributed by atoms with Crippen LogP contribution in [0.1, 0.15) is 33.3 Å². The first-order valence-electron chi connectivity index (χ1n) is 10.1. The van der Waals surface area contributed by atoms with Gasteiger partial charge >= 0.3 is 5.69 Å². The molecule has 0 aliphatic carbocycles. The maximum absolute atomic E-state index is 13.0. The predicted octanol–water partition coefficient (Wildman–Crippen LogP) is 2.53. The highest BCUT2D eigenvalue weighted by atomic mass is 16.2. The zero-order valence-corrected chi connectivity index (χ0v) is 18.4. The van der Waals surface area contributed by atoms with Gasteiger partial charge in [-0.1, -0.05) is 29.8 Å². The van der Waals surface area contributed by atoms with Crippen LogP contribution in [0.25, 0.3) is 22.6 Å². The van der Waals surface area contributed by atoms with Crippen LogP contribution in [0.5, 0.6) is 0 Å². The lowest BCUT2D eigenvalue weighted by atomic mass is 10.1. The van der Waals surface area contributed by atoms with Crippen molar-refractivity contribution in [3.05, 3.63) is 50.7 Å². The van der Waals surface area contributed by atoms with Crippen LogP contribution < -0.4 is 11.2 Å². The van der Waals surface area contributed by atoms with Gasteiger partial charge in [0.15, 0.2) is 11.2 Å². The number of fused-ring (bicyclic) bond motifs is 1. The first-order chi connectivity index (χ1) is 13.6. The van der Waals surface area contributed by atoms with Crippen molar-refractivity contribution in [3.63, 3.8) is 0 Å². The highest BCUT2D eigenvalue weighted by Crippen LogP contribution is 2.23. The van der Waals surface area contributed by atoms with E-state index in [9.17, 15) is 9.59 Å². The second kappa shape index (κ2) is 7.99. The minimum Gasteiger partial charge on any atom is -0.317 e. The van der Waals surface area contributed by atoms with Crippen LogP contribution in [0.15, 0.2) is 33.9 Å². The van der Waals surface area contributed by atoms with E-state index in [0.717, 1.165) is 22.2 Å². The van der Waals surface area contributed by atoms with Crippen molar-refractivity contribution in [2.45, 2.75) is 53.2 Å². The molecule has 2 aromatic heterocycles. The van der Waals surface area contributed by atoms with Crippen molar-refractivity contribution < 1.29 is 0 Å². The standard InChI is InChI=1S/C22H31N5O2/c1-14(2)26(15(3)4)12-13-27-18-20(24(6)22(29)25(7)21(18)28)23-19(27)17-10-8-16(5)9-11-17/h8-11,14-15H,12-13H2,1-7H3. The van der Waals surface area contributed by atoms with Crippen molar-refractivity contribution in [1.29, 1.82) is 0 Å². The van der Waals surface area contributed by atoms with Crippen molar-refractivity contribution in [1.82, 2.24) is 23.6 Å². The number of benzene rings is 1. The van der Waals surface area contributed by atoms with Crippen LogP contribution in [0.3, 0.4) is 0 Å². The second-order valence-corrected chi connectivity index (χ2v) is 8.26. The van der Waals surface area contributed by atoms with Gasteiger partial charge in [0.05, 0.1) is 0 Å². The van der Waals surface area contributed by atoms with Gasteiger partial charge in [0.1, 0.15) is 5.82 Å². The van der Waals surface area contributed by atoms with Crippen molar-refractivity contribution >= 4 is 11.2 Å². The first-order valence-corrected chi connectivity index (χ1v) is 10.1. The quantitative estimate of drug-likeness (QED) is 0.641.